The van der Waals surface area contributed by atoms with Crippen LogP contribution in [-0.2, 0) is 16.2 Å². The first kappa shape index (κ1) is 25.9. The molecule has 0 spiro atoms. The molecule has 0 atom stereocenters. The zero-order valence-corrected chi connectivity index (χ0v) is 21.8. The van der Waals surface area contributed by atoms with Crippen LogP contribution in [-0.4, -0.2) is 22.4 Å². The molecule has 5 rings (SSSR count). The minimum absolute atomic E-state index is 0.154. The summed E-state index contributed by atoms with van der Waals surface area (Å²) in [5.41, 5.74) is 4.13. The molecule has 1 aromatic heterocycles. The van der Waals surface area contributed by atoms with Crippen LogP contribution in [0.5, 0.6) is 5.75 Å². The van der Waals surface area contributed by atoms with Gasteiger partial charge in [-0.2, -0.15) is 0 Å². The number of benzene rings is 3. The van der Waals surface area contributed by atoms with Gasteiger partial charge in [0, 0.05) is 22.1 Å². The van der Waals surface area contributed by atoms with E-state index in [1.807, 2.05) is 73.0 Å². The Morgan fingerprint density at radius 2 is 1.54 bits per heavy atom. The first-order valence-electron chi connectivity index (χ1n) is 12.0. The maximum absolute atomic E-state index is 13.4. The maximum Gasteiger partial charge on any atom is 0.335 e. The van der Waals surface area contributed by atoms with Crippen LogP contribution in [0.15, 0.2) is 84.4 Å². The Balaban J connectivity index is 1.39. The van der Waals surface area contributed by atoms with E-state index in [0.29, 0.717) is 22.9 Å². The molecule has 1 saturated heterocycles. The van der Waals surface area contributed by atoms with Crippen molar-refractivity contribution in [1.82, 2.24) is 9.88 Å². The van der Waals surface area contributed by atoms with Gasteiger partial charge in [0.1, 0.15) is 23.7 Å². The second kappa shape index (κ2) is 10.6. The van der Waals surface area contributed by atoms with Gasteiger partial charge in [-0.1, -0.05) is 23.7 Å². The zero-order valence-electron chi connectivity index (χ0n) is 21.1. The highest BCUT2D eigenvalue weighted by molar-refractivity contribution is 6.39. The number of barbiturate groups is 1. The molecule has 0 radical (unpaired) electrons. The average Bonchev–Trinajstić information content (AvgIpc) is 3.20. The van der Waals surface area contributed by atoms with E-state index >= 15 is 0 Å². The number of anilines is 1. The van der Waals surface area contributed by atoms with E-state index in [4.69, 9.17) is 16.3 Å². The number of hydrogen-bond donors (Lipinski definition) is 1. The number of carbonyl (C=O) groups is 3. The summed E-state index contributed by atoms with van der Waals surface area (Å²) in [6, 6.07) is 20.9. The third-order valence-corrected chi connectivity index (χ3v) is 6.62. The molecule has 1 fully saturated rings. The van der Waals surface area contributed by atoms with Gasteiger partial charge in [-0.15, -0.1) is 0 Å². The molecular weight excluding hydrogens is 521 g/mol. The summed E-state index contributed by atoms with van der Waals surface area (Å²) >= 11 is 5.93. The number of aryl methyl sites for hydroxylation is 1. The normalized spacial score (nSPS) is 14.6. The molecule has 1 aliphatic rings. The van der Waals surface area contributed by atoms with Gasteiger partial charge < -0.3 is 9.30 Å². The van der Waals surface area contributed by atoms with Crippen LogP contribution in [0.1, 0.15) is 22.5 Å². The Hall–Kier alpha value is -4.69. The average molecular weight is 544 g/mol. The Morgan fingerprint density at radius 1 is 0.897 bits per heavy atom. The predicted octanol–water partition coefficient (Wildman–Crippen LogP) is 6.13. The van der Waals surface area contributed by atoms with Crippen molar-refractivity contribution in [2.75, 3.05) is 4.90 Å². The van der Waals surface area contributed by atoms with Gasteiger partial charge in [-0.05, 0) is 97.8 Å². The van der Waals surface area contributed by atoms with Crippen LogP contribution in [0, 0.1) is 19.7 Å². The summed E-state index contributed by atoms with van der Waals surface area (Å²) < 4.78 is 21.2. The van der Waals surface area contributed by atoms with E-state index in [-0.39, 0.29) is 11.3 Å². The number of carbonyl (C=O) groups excluding carboxylic acids is 3. The maximum atomic E-state index is 13.4. The number of amides is 4. The quantitative estimate of drug-likeness (QED) is 0.234. The number of halogens is 2. The molecule has 4 aromatic rings. The van der Waals surface area contributed by atoms with Crippen molar-refractivity contribution in [2.45, 2.75) is 20.5 Å². The number of aromatic nitrogens is 1. The minimum Gasteiger partial charge on any atom is -0.489 e. The summed E-state index contributed by atoms with van der Waals surface area (Å²) in [6.07, 6.45) is 1.46. The summed E-state index contributed by atoms with van der Waals surface area (Å²) in [7, 11) is 0. The van der Waals surface area contributed by atoms with Gasteiger partial charge in [0.2, 0.25) is 0 Å². The van der Waals surface area contributed by atoms with Crippen LogP contribution >= 0.6 is 11.6 Å². The second-order valence-corrected chi connectivity index (χ2v) is 9.44. The third kappa shape index (κ3) is 5.32. The van der Waals surface area contributed by atoms with E-state index in [1.54, 1.807) is 0 Å². The Morgan fingerprint density at radius 3 is 2.21 bits per heavy atom. The second-order valence-electron chi connectivity index (χ2n) is 9.01. The fourth-order valence-electron chi connectivity index (χ4n) is 4.41. The Kier molecular flexibility index (Phi) is 7.04. The van der Waals surface area contributed by atoms with Gasteiger partial charge in [0.15, 0.2) is 0 Å². The standard InChI is InChI=1S/C30H23ClFN3O4/c1-18-15-21(16-27-28(36)33-30(38)35(29(27)37)25-9-7-23(32)8-10-25)19(2)34(18)24-11-13-26(14-12-24)39-17-20-3-5-22(31)6-4-20/h3-16H,17H2,1-2H3,(H,33,36,38)/b27-16+. The first-order valence-corrected chi connectivity index (χ1v) is 12.4. The molecule has 0 bridgehead atoms. The van der Waals surface area contributed by atoms with Gasteiger partial charge in [0.25, 0.3) is 11.8 Å². The van der Waals surface area contributed by atoms with Gasteiger partial charge in [0.05, 0.1) is 5.69 Å². The lowest BCUT2D eigenvalue weighted by Gasteiger charge is -2.26. The highest BCUT2D eigenvalue weighted by Gasteiger charge is 2.37. The van der Waals surface area contributed by atoms with Crippen LogP contribution < -0.4 is 15.0 Å². The molecule has 1 aliphatic heterocycles. The first-order chi connectivity index (χ1) is 18.7. The molecule has 2 heterocycles. The lowest BCUT2D eigenvalue weighted by Crippen LogP contribution is -2.54. The lowest BCUT2D eigenvalue weighted by molar-refractivity contribution is -0.122. The monoisotopic (exact) mass is 543 g/mol. The van der Waals surface area contributed by atoms with Crippen molar-refractivity contribution < 1.29 is 23.5 Å². The molecule has 39 heavy (non-hydrogen) atoms. The molecule has 4 amide bonds. The van der Waals surface area contributed by atoms with Crippen molar-refractivity contribution in [3.63, 3.8) is 0 Å². The van der Waals surface area contributed by atoms with E-state index in [2.05, 4.69) is 5.32 Å². The Labute approximate surface area is 229 Å². The molecule has 0 unspecified atom stereocenters. The number of hydrogen-bond acceptors (Lipinski definition) is 4. The third-order valence-electron chi connectivity index (χ3n) is 6.37. The van der Waals surface area contributed by atoms with E-state index in [1.165, 1.54) is 18.2 Å². The van der Waals surface area contributed by atoms with Gasteiger partial charge >= 0.3 is 6.03 Å². The van der Waals surface area contributed by atoms with Gasteiger partial charge in [-0.25, -0.2) is 14.1 Å². The minimum atomic E-state index is -0.891. The number of rotatable bonds is 6. The molecule has 196 valence electrons. The number of imide groups is 2. The van der Waals surface area contributed by atoms with Crippen molar-refractivity contribution in [3.05, 3.63) is 118 Å². The van der Waals surface area contributed by atoms with E-state index in [9.17, 15) is 18.8 Å². The van der Waals surface area contributed by atoms with Crippen LogP contribution in [0.4, 0.5) is 14.9 Å². The fourth-order valence-corrected chi connectivity index (χ4v) is 4.53. The number of urea groups is 1. The SMILES string of the molecule is Cc1cc(/C=C2\C(=O)NC(=O)N(c3ccc(F)cc3)C2=O)c(C)n1-c1ccc(OCc2ccc(Cl)cc2)cc1. The van der Waals surface area contributed by atoms with Crippen LogP contribution in [0.2, 0.25) is 5.02 Å². The summed E-state index contributed by atoms with van der Waals surface area (Å²) in [4.78, 5) is 39.0. The molecule has 9 heteroatoms. The largest absolute Gasteiger partial charge is 0.489 e. The molecular formula is C30H23ClFN3O4. The van der Waals surface area contributed by atoms with Crippen molar-refractivity contribution in [2.24, 2.45) is 0 Å². The van der Waals surface area contributed by atoms with Crippen molar-refractivity contribution >= 4 is 41.2 Å². The Bertz CT molecular complexity index is 1610. The van der Waals surface area contributed by atoms with Gasteiger partial charge in [-0.3, -0.25) is 14.9 Å². The predicted molar refractivity (Wildman–Crippen MR) is 146 cm³/mol. The van der Waals surface area contributed by atoms with Crippen molar-refractivity contribution in [1.29, 1.82) is 0 Å². The smallest absolute Gasteiger partial charge is 0.335 e. The fraction of sp³-hybridized carbons (Fsp3) is 0.100. The van der Waals surface area contributed by atoms with E-state index in [0.717, 1.165) is 39.7 Å². The molecule has 0 aliphatic carbocycles. The number of ether oxygens (including phenoxy) is 1. The highest BCUT2D eigenvalue weighted by Crippen LogP contribution is 2.27. The van der Waals surface area contributed by atoms with Crippen LogP contribution in [0.25, 0.3) is 11.8 Å². The molecule has 1 N–H and O–H groups in total. The molecule has 0 saturated carbocycles. The summed E-state index contributed by atoms with van der Waals surface area (Å²) in [5, 5.41) is 2.86. The number of nitrogens with zero attached hydrogens (tertiary/aromatic N) is 2. The summed E-state index contributed by atoms with van der Waals surface area (Å²) in [5.74, 6) is -1.39. The lowest BCUT2D eigenvalue weighted by atomic mass is 10.1. The van der Waals surface area contributed by atoms with E-state index < -0.39 is 23.7 Å². The summed E-state index contributed by atoms with van der Waals surface area (Å²) in [6.45, 7) is 4.19. The van der Waals surface area contributed by atoms with Crippen LogP contribution in [0.3, 0.4) is 0 Å². The zero-order chi connectivity index (χ0) is 27.7. The molecule has 7 nitrogen and oxygen atoms in total. The highest BCUT2D eigenvalue weighted by atomic mass is 35.5. The number of nitrogens with one attached hydrogen (secondary N) is 1. The van der Waals surface area contributed by atoms with Crippen molar-refractivity contribution in [3.8, 4) is 11.4 Å². The topological polar surface area (TPSA) is 80.6 Å². The molecule has 3 aromatic carbocycles.